The first-order valence-electron chi connectivity index (χ1n) is 8.98. The molecule has 2 amide bonds. The van der Waals surface area contributed by atoms with Crippen LogP contribution in [0.5, 0.6) is 0 Å². The lowest BCUT2D eigenvalue weighted by Gasteiger charge is -2.22. The van der Waals surface area contributed by atoms with Crippen LogP contribution >= 0.6 is 34.4 Å². The van der Waals surface area contributed by atoms with E-state index in [0.717, 1.165) is 28.1 Å². The lowest BCUT2D eigenvalue weighted by molar-refractivity contribution is -0.118. The number of thioether (sulfide) groups is 1. The first kappa shape index (κ1) is 21.3. The number of amides is 2. The molecule has 3 N–H and O–H groups in total. The molecule has 0 fully saturated rings. The van der Waals surface area contributed by atoms with Crippen LogP contribution in [0.4, 0.5) is 10.8 Å². The van der Waals surface area contributed by atoms with Gasteiger partial charge in [-0.25, -0.2) is 0 Å². The largest absolute Gasteiger partial charge is 0.370 e. The van der Waals surface area contributed by atoms with Crippen LogP contribution in [0.25, 0.3) is 0 Å². The van der Waals surface area contributed by atoms with E-state index < -0.39 is 5.91 Å². The molecule has 0 saturated heterocycles. The summed E-state index contributed by atoms with van der Waals surface area (Å²) < 4.78 is 0.722. The average Bonchev–Trinajstić information content (AvgIpc) is 3.39. The molecule has 29 heavy (non-hydrogen) atoms. The molecule has 2 aromatic heterocycles. The number of benzene rings is 1. The van der Waals surface area contributed by atoms with Crippen molar-refractivity contribution in [1.82, 2.24) is 10.2 Å². The Labute approximate surface area is 181 Å². The molecule has 0 unspecified atom stereocenters. The molecule has 0 aliphatic rings. The Morgan fingerprint density at radius 3 is 2.69 bits per heavy atom. The van der Waals surface area contributed by atoms with Gasteiger partial charge < -0.3 is 16.0 Å². The second kappa shape index (κ2) is 10.9. The molecule has 0 bridgehead atoms. The minimum atomic E-state index is -0.436. The second-order valence-electron chi connectivity index (χ2n) is 6.02. The number of carbonyl (C=O) groups excluding carboxylic acids is 2. The van der Waals surface area contributed by atoms with E-state index >= 15 is 0 Å². The van der Waals surface area contributed by atoms with Crippen LogP contribution in [0.1, 0.15) is 11.3 Å². The number of nitrogens with two attached hydrogens (primary N) is 1. The molecule has 152 valence electrons. The lowest BCUT2D eigenvalue weighted by atomic mass is 10.2. The molecule has 0 atom stereocenters. The Morgan fingerprint density at radius 1 is 1.14 bits per heavy atom. The maximum absolute atomic E-state index is 12.7. The number of hydrogen-bond donors (Lipinski definition) is 2. The van der Waals surface area contributed by atoms with E-state index in [4.69, 9.17) is 5.73 Å². The summed E-state index contributed by atoms with van der Waals surface area (Å²) in [5.41, 5.74) is 6.00. The average molecular weight is 448 g/mol. The van der Waals surface area contributed by atoms with Gasteiger partial charge in [-0.1, -0.05) is 47.4 Å². The molecule has 0 spiro atoms. The number of nitrogens with one attached hydrogen (secondary N) is 1. The molecule has 0 aliphatic heterocycles. The molecular weight excluding hydrogens is 426 g/mol. The van der Waals surface area contributed by atoms with Crippen LogP contribution in [-0.2, 0) is 16.0 Å². The number of para-hydroxylation sites is 1. The molecule has 0 radical (unpaired) electrons. The van der Waals surface area contributed by atoms with Gasteiger partial charge in [0.25, 0.3) is 0 Å². The van der Waals surface area contributed by atoms with Crippen molar-refractivity contribution in [2.75, 3.05) is 29.1 Å². The van der Waals surface area contributed by atoms with Gasteiger partial charge in [0.2, 0.25) is 16.9 Å². The molecule has 0 aliphatic carbocycles. The first-order chi connectivity index (χ1) is 14.1. The minimum Gasteiger partial charge on any atom is -0.370 e. The number of carbonyl (C=O) groups is 2. The van der Waals surface area contributed by atoms with Crippen molar-refractivity contribution < 1.29 is 9.59 Å². The minimum absolute atomic E-state index is 0.107. The van der Waals surface area contributed by atoms with E-state index in [0.29, 0.717) is 0 Å². The highest BCUT2D eigenvalue weighted by molar-refractivity contribution is 8.01. The zero-order valence-corrected chi connectivity index (χ0v) is 18.1. The number of thiophene rings is 1. The van der Waals surface area contributed by atoms with Gasteiger partial charge in [-0.2, -0.15) is 0 Å². The highest BCUT2D eigenvalue weighted by atomic mass is 32.2. The fourth-order valence-electron chi connectivity index (χ4n) is 2.52. The summed E-state index contributed by atoms with van der Waals surface area (Å²) in [4.78, 5) is 26.8. The molecular formula is C19H21N5O2S3. The molecule has 3 aromatic rings. The molecule has 3 rings (SSSR count). The van der Waals surface area contributed by atoms with E-state index in [1.165, 1.54) is 28.0 Å². The number of anilines is 2. The van der Waals surface area contributed by atoms with Crippen LogP contribution < -0.4 is 16.0 Å². The quantitative estimate of drug-likeness (QED) is 0.438. The Morgan fingerprint density at radius 2 is 1.97 bits per heavy atom. The summed E-state index contributed by atoms with van der Waals surface area (Å²) in [6, 6.07) is 13.4. The van der Waals surface area contributed by atoms with Gasteiger partial charge in [-0.15, -0.1) is 21.5 Å². The fourth-order valence-corrected chi connectivity index (χ4v) is 4.88. The normalized spacial score (nSPS) is 10.6. The molecule has 7 nitrogen and oxygen atoms in total. The summed E-state index contributed by atoms with van der Waals surface area (Å²) >= 11 is 4.50. The van der Waals surface area contributed by atoms with Crippen molar-refractivity contribution in [3.05, 3.63) is 52.7 Å². The summed E-state index contributed by atoms with van der Waals surface area (Å²) in [5, 5.41) is 14.3. The smallest absolute Gasteiger partial charge is 0.237 e. The van der Waals surface area contributed by atoms with Crippen molar-refractivity contribution in [3.63, 3.8) is 0 Å². The van der Waals surface area contributed by atoms with Crippen LogP contribution in [0, 0.1) is 0 Å². The first-order valence-corrected chi connectivity index (χ1v) is 11.7. The van der Waals surface area contributed by atoms with Gasteiger partial charge in [-0.3, -0.25) is 9.59 Å². The maximum atomic E-state index is 12.7. The van der Waals surface area contributed by atoms with Crippen molar-refractivity contribution in [2.24, 2.45) is 5.73 Å². The summed E-state index contributed by atoms with van der Waals surface area (Å²) in [5.74, 6) is -0.337. The Balaban J connectivity index is 1.51. The van der Waals surface area contributed by atoms with E-state index in [1.807, 2.05) is 36.4 Å². The Bertz CT molecular complexity index is 915. The number of rotatable bonds is 11. The van der Waals surface area contributed by atoms with Gasteiger partial charge in [0.1, 0.15) is 0 Å². The monoisotopic (exact) mass is 447 g/mol. The molecule has 2 heterocycles. The number of primary amides is 1. The molecule has 1 aromatic carbocycles. The zero-order valence-electron chi connectivity index (χ0n) is 15.6. The summed E-state index contributed by atoms with van der Waals surface area (Å²) in [6.07, 6.45) is 1.05. The van der Waals surface area contributed by atoms with Gasteiger partial charge in [0.05, 0.1) is 5.75 Å². The predicted octanol–water partition coefficient (Wildman–Crippen LogP) is 3.25. The van der Waals surface area contributed by atoms with Crippen LogP contribution in [-0.4, -0.2) is 40.9 Å². The highest BCUT2D eigenvalue weighted by Crippen LogP contribution is 2.26. The van der Waals surface area contributed by atoms with Crippen molar-refractivity contribution in [3.8, 4) is 0 Å². The topological polar surface area (TPSA) is 101 Å². The second-order valence-corrected chi connectivity index (χ2v) is 9.25. The third-order valence-corrected chi connectivity index (χ3v) is 6.84. The molecule has 0 saturated carbocycles. The fraction of sp³-hybridized carbons (Fsp3) is 0.263. The number of aromatic nitrogens is 2. The van der Waals surface area contributed by atoms with Gasteiger partial charge in [0.15, 0.2) is 4.34 Å². The van der Waals surface area contributed by atoms with E-state index in [9.17, 15) is 9.59 Å². The third kappa shape index (κ3) is 6.84. The summed E-state index contributed by atoms with van der Waals surface area (Å²) in [7, 11) is 0. The van der Waals surface area contributed by atoms with Crippen molar-refractivity contribution in [1.29, 1.82) is 0 Å². The third-order valence-electron chi connectivity index (χ3n) is 3.90. The van der Waals surface area contributed by atoms with Gasteiger partial charge >= 0.3 is 0 Å². The van der Waals surface area contributed by atoms with Gasteiger partial charge in [-0.05, 0) is 30.0 Å². The van der Waals surface area contributed by atoms with E-state index in [-0.39, 0.29) is 24.6 Å². The Hall–Kier alpha value is -2.43. The maximum Gasteiger partial charge on any atom is 0.237 e. The van der Waals surface area contributed by atoms with Crippen LogP contribution in [0.15, 0.2) is 52.2 Å². The number of nitrogens with zero attached hydrogens (tertiary/aromatic N) is 3. The number of hydrogen-bond acceptors (Lipinski definition) is 8. The zero-order chi connectivity index (χ0) is 20.5. The SMILES string of the molecule is NC(=O)CCN(C(=O)CSc1nnc(NCCc2cccs2)s1)c1ccccc1. The summed E-state index contributed by atoms with van der Waals surface area (Å²) in [6.45, 7) is 1.04. The van der Waals surface area contributed by atoms with E-state index in [2.05, 4.69) is 27.0 Å². The standard InChI is InChI=1S/C19H21N5O2S3/c20-16(25)9-11-24(14-5-2-1-3-6-14)17(26)13-28-19-23-22-18(29-19)21-10-8-15-7-4-12-27-15/h1-7,12H,8-11,13H2,(H2,20,25)(H,21,22). The van der Waals surface area contributed by atoms with Crippen molar-refractivity contribution in [2.45, 2.75) is 17.2 Å². The lowest BCUT2D eigenvalue weighted by Crippen LogP contribution is -2.35. The molecule has 10 heteroatoms. The van der Waals surface area contributed by atoms with Gasteiger partial charge in [0, 0.05) is 30.1 Å². The predicted molar refractivity (Wildman–Crippen MR) is 120 cm³/mol. The highest BCUT2D eigenvalue weighted by Gasteiger charge is 2.17. The van der Waals surface area contributed by atoms with Crippen molar-refractivity contribution >= 4 is 57.1 Å². The van der Waals surface area contributed by atoms with Crippen LogP contribution in [0.2, 0.25) is 0 Å². The van der Waals surface area contributed by atoms with E-state index in [1.54, 1.807) is 16.2 Å². The van der Waals surface area contributed by atoms with Crippen LogP contribution in [0.3, 0.4) is 0 Å². The Kier molecular flexibility index (Phi) is 8.03.